The van der Waals surface area contributed by atoms with Gasteiger partial charge in [-0.1, -0.05) is 23.7 Å². The van der Waals surface area contributed by atoms with Gasteiger partial charge in [0.1, 0.15) is 0 Å². The molecule has 0 radical (unpaired) electrons. The molecule has 0 fully saturated rings. The Morgan fingerprint density at radius 2 is 2.23 bits per heavy atom. The van der Waals surface area contributed by atoms with Crippen molar-refractivity contribution in [2.75, 3.05) is 13.7 Å². The number of nitrogens with two attached hydrogens (primary N) is 1. The van der Waals surface area contributed by atoms with E-state index in [4.69, 9.17) is 22.1 Å². The van der Waals surface area contributed by atoms with Gasteiger partial charge in [0.2, 0.25) is 0 Å². The molecule has 0 aliphatic rings. The van der Waals surface area contributed by atoms with Crippen LogP contribution in [-0.2, 0) is 17.8 Å². The molecule has 1 aromatic carbocycles. The van der Waals surface area contributed by atoms with Gasteiger partial charge in [-0.25, -0.2) is 0 Å². The quantitative estimate of drug-likeness (QED) is 0.805. The molecule has 0 atom stereocenters. The third kappa shape index (κ3) is 2.99. The number of hydrogen-bond acceptors (Lipinski definition) is 2. The molecule has 0 saturated carbocycles. The zero-order valence-corrected chi connectivity index (χ0v) is 8.47. The number of halogens is 1. The first-order valence-electron chi connectivity index (χ1n) is 4.24. The van der Waals surface area contributed by atoms with Crippen LogP contribution < -0.4 is 5.73 Å². The minimum absolute atomic E-state index is 0.600. The van der Waals surface area contributed by atoms with Crippen LogP contribution in [0.3, 0.4) is 0 Å². The van der Waals surface area contributed by atoms with Crippen LogP contribution in [0.4, 0.5) is 0 Å². The average Bonchev–Trinajstić information content (AvgIpc) is 2.10. The Kier molecular flexibility index (Phi) is 4.22. The zero-order valence-electron chi connectivity index (χ0n) is 7.72. The standard InChI is InChI=1S/C10H14ClNO/c1-13-7-8-2-3-9(4-5-12)10(11)6-8/h2-3,6H,4-5,7,12H2,1H3. The summed E-state index contributed by atoms with van der Waals surface area (Å²) in [6, 6.07) is 5.94. The summed E-state index contributed by atoms with van der Waals surface area (Å²) in [5, 5.41) is 0.778. The lowest BCUT2D eigenvalue weighted by molar-refractivity contribution is 0.185. The van der Waals surface area contributed by atoms with Crippen molar-refractivity contribution in [3.63, 3.8) is 0 Å². The molecule has 0 aliphatic carbocycles. The van der Waals surface area contributed by atoms with Gasteiger partial charge in [-0.05, 0) is 30.2 Å². The van der Waals surface area contributed by atoms with E-state index < -0.39 is 0 Å². The molecule has 72 valence electrons. The van der Waals surface area contributed by atoms with Crippen molar-refractivity contribution >= 4 is 11.6 Å². The van der Waals surface area contributed by atoms with Gasteiger partial charge in [-0.15, -0.1) is 0 Å². The third-order valence-electron chi connectivity index (χ3n) is 1.84. The zero-order chi connectivity index (χ0) is 9.68. The Hall–Kier alpha value is -0.570. The summed E-state index contributed by atoms with van der Waals surface area (Å²) in [7, 11) is 1.67. The Morgan fingerprint density at radius 1 is 1.46 bits per heavy atom. The lowest BCUT2D eigenvalue weighted by atomic mass is 10.1. The fourth-order valence-corrected chi connectivity index (χ4v) is 1.50. The lowest BCUT2D eigenvalue weighted by Gasteiger charge is -2.05. The maximum atomic E-state index is 6.03. The molecule has 2 nitrogen and oxygen atoms in total. The number of hydrogen-bond donors (Lipinski definition) is 1. The van der Waals surface area contributed by atoms with Gasteiger partial charge in [-0.3, -0.25) is 0 Å². The van der Waals surface area contributed by atoms with Crippen molar-refractivity contribution < 1.29 is 4.74 Å². The van der Waals surface area contributed by atoms with Crippen molar-refractivity contribution in [3.8, 4) is 0 Å². The van der Waals surface area contributed by atoms with Crippen LogP contribution in [0.2, 0.25) is 5.02 Å². The predicted octanol–water partition coefficient (Wildman–Crippen LogP) is 1.99. The topological polar surface area (TPSA) is 35.2 Å². The van der Waals surface area contributed by atoms with Crippen LogP contribution in [-0.4, -0.2) is 13.7 Å². The van der Waals surface area contributed by atoms with Gasteiger partial charge < -0.3 is 10.5 Å². The maximum absolute atomic E-state index is 6.03. The van der Waals surface area contributed by atoms with E-state index >= 15 is 0 Å². The molecule has 0 bridgehead atoms. The molecule has 0 saturated heterocycles. The van der Waals surface area contributed by atoms with E-state index in [9.17, 15) is 0 Å². The minimum Gasteiger partial charge on any atom is -0.380 e. The number of methoxy groups -OCH3 is 1. The van der Waals surface area contributed by atoms with Crippen molar-refractivity contribution in [1.82, 2.24) is 0 Å². The van der Waals surface area contributed by atoms with Gasteiger partial charge in [0, 0.05) is 12.1 Å². The monoisotopic (exact) mass is 199 g/mol. The summed E-state index contributed by atoms with van der Waals surface area (Å²) in [5.74, 6) is 0. The average molecular weight is 200 g/mol. The lowest BCUT2D eigenvalue weighted by Crippen LogP contribution is -2.03. The highest BCUT2D eigenvalue weighted by atomic mass is 35.5. The first-order valence-corrected chi connectivity index (χ1v) is 4.62. The van der Waals surface area contributed by atoms with Gasteiger partial charge in [0.15, 0.2) is 0 Å². The molecule has 0 amide bonds. The molecular formula is C10H14ClNO. The van der Waals surface area contributed by atoms with Crippen LogP contribution in [0.25, 0.3) is 0 Å². The Labute approximate surface area is 83.6 Å². The maximum Gasteiger partial charge on any atom is 0.0713 e. The fourth-order valence-electron chi connectivity index (χ4n) is 1.21. The molecule has 2 N–H and O–H groups in total. The summed E-state index contributed by atoms with van der Waals surface area (Å²) >= 11 is 6.03. The van der Waals surface area contributed by atoms with Crippen LogP contribution in [0.15, 0.2) is 18.2 Å². The summed E-state index contributed by atoms with van der Waals surface area (Å²) in [5.41, 5.74) is 7.63. The van der Waals surface area contributed by atoms with Crippen LogP contribution in [0, 0.1) is 0 Å². The summed E-state index contributed by atoms with van der Waals surface area (Å²) < 4.78 is 5.00. The molecule has 0 aliphatic heterocycles. The minimum atomic E-state index is 0.600. The van der Waals surface area contributed by atoms with E-state index in [0.717, 1.165) is 22.6 Å². The number of benzene rings is 1. The first kappa shape index (κ1) is 10.5. The van der Waals surface area contributed by atoms with E-state index in [-0.39, 0.29) is 0 Å². The normalized spacial score (nSPS) is 10.4. The fraction of sp³-hybridized carbons (Fsp3) is 0.400. The molecule has 0 aromatic heterocycles. The second-order valence-electron chi connectivity index (χ2n) is 2.90. The van der Waals surface area contributed by atoms with Gasteiger partial charge >= 0.3 is 0 Å². The highest BCUT2D eigenvalue weighted by molar-refractivity contribution is 6.31. The largest absolute Gasteiger partial charge is 0.380 e. The Morgan fingerprint density at radius 3 is 2.77 bits per heavy atom. The van der Waals surface area contributed by atoms with E-state index in [1.54, 1.807) is 7.11 Å². The smallest absolute Gasteiger partial charge is 0.0713 e. The Balaban J connectivity index is 2.79. The molecule has 0 unspecified atom stereocenters. The van der Waals surface area contributed by atoms with Gasteiger partial charge in [-0.2, -0.15) is 0 Å². The molecular weight excluding hydrogens is 186 g/mol. The molecule has 0 heterocycles. The second kappa shape index (κ2) is 5.22. The molecule has 1 aromatic rings. The third-order valence-corrected chi connectivity index (χ3v) is 2.19. The summed E-state index contributed by atoms with van der Waals surface area (Å²) in [4.78, 5) is 0. The van der Waals surface area contributed by atoms with Crippen LogP contribution >= 0.6 is 11.6 Å². The second-order valence-corrected chi connectivity index (χ2v) is 3.30. The molecule has 13 heavy (non-hydrogen) atoms. The van der Waals surface area contributed by atoms with Gasteiger partial charge in [0.25, 0.3) is 0 Å². The summed E-state index contributed by atoms with van der Waals surface area (Å²) in [6.07, 6.45) is 0.825. The molecule has 1 rings (SSSR count). The van der Waals surface area contributed by atoms with E-state index in [2.05, 4.69) is 0 Å². The summed E-state index contributed by atoms with van der Waals surface area (Å²) in [6.45, 7) is 1.23. The molecule has 0 spiro atoms. The Bertz CT molecular complexity index is 276. The van der Waals surface area contributed by atoms with Gasteiger partial charge in [0.05, 0.1) is 6.61 Å². The highest BCUT2D eigenvalue weighted by Gasteiger charge is 2.00. The van der Waals surface area contributed by atoms with E-state index in [0.29, 0.717) is 13.2 Å². The van der Waals surface area contributed by atoms with Crippen LogP contribution in [0.5, 0.6) is 0 Å². The van der Waals surface area contributed by atoms with Crippen molar-refractivity contribution in [1.29, 1.82) is 0 Å². The van der Waals surface area contributed by atoms with E-state index in [1.807, 2.05) is 18.2 Å². The van der Waals surface area contributed by atoms with Crippen LogP contribution in [0.1, 0.15) is 11.1 Å². The number of ether oxygens (including phenoxy) is 1. The highest BCUT2D eigenvalue weighted by Crippen LogP contribution is 2.18. The first-order chi connectivity index (χ1) is 6.27. The van der Waals surface area contributed by atoms with E-state index in [1.165, 1.54) is 0 Å². The number of rotatable bonds is 4. The predicted molar refractivity (Wildman–Crippen MR) is 54.9 cm³/mol. The SMILES string of the molecule is COCc1ccc(CCN)c(Cl)c1. The van der Waals surface area contributed by atoms with Crippen molar-refractivity contribution in [3.05, 3.63) is 34.3 Å². The van der Waals surface area contributed by atoms with Crippen molar-refractivity contribution in [2.24, 2.45) is 5.73 Å². The molecule has 3 heteroatoms. The van der Waals surface area contributed by atoms with Crippen molar-refractivity contribution in [2.45, 2.75) is 13.0 Å².